The molecule has 2 aromatic rings. The molecular weight excluding hydrogens is 296 g/mol. The van der Waals surface area contributed by atoms with Crippen molar-refractivity contribution in [2.75, 3.05) is 20.2 Å². The summed E-state index contributed by atoms with van der Waals surface area (Å²) in [6.45, 7) is 4.68. The Morgan fingerprint density at radius 1 is 1.43 bits per heavy atom. The van der Waals surface area contributed by atoms with E-state index in [-0.39, 0.29) is 5.91 Å². The molecule has 1 amide bonds. The van der Waals surface area contributed by atoms with E-state index in [0.717, 1.165) is 38.2 Å². The minimum atomic E-state index is 0.0674. The van der Waals surface area contributed by atoms with Gasteiger partial charge in [-0.1, -0.05) is 5.21 Å². The summed E-state index contributed by atoms with van der Waals surface area (Å²) in [5, 5.41) is 8.20. The van der Waals surface area contributed by atoms with Gasteiger partial charge in [0, 0.05) is 26.7 Å². The van der Waals surface area contributed by atoms with Crippen molar-refractivity contribution in [3.05, 3.63) is 35.5 Å². The first kappa shape index (κ1) is 15.7. The fraction of sp³-hybridized carbons (Fsp3) is 0.562. The molecule has 0 aromatic carbocycles. The molecule has 3 heterocycles. The fourth-order valence-corrected chi connectivity index (χ4v) is 3.00. The minimum absolute atomic E-state index is 0.0674. The zero-order chi connectivity index (χ0) is 16.2. The average Bonchev–Trinajstić information content (AvgIpc) is 3.17. The maximum Gasteiger partial charge on any atom is 0.257 e. The van der Waals surface area contributed by atoms with Crippen LogP contribution >= 0.6 is 0 Å². The molecule has 23 heavy (non-hydrogen) atoms. The second kappa shape index (κ2) is 6.95. The predicted octanol–water partition coefficient (Wildman–Crippen LogP) is 1.88. The highest BCUT2D eigenvalue weighted by molar-refractivity contribution is 5.95. The molecule has 0 atom stereocenters. The van der Waals surface area contributed by atoms with Crippen LogP contribution in [0.5, 0.6) is 0 Å². The highest BCUT2D eigenvalue weighted by Gasteiger charge is 2.25. The second-order valence-electron chi connectivity index (χ2n) is 5.99. The Morgan fingerprint density at radius 2 is 2.22 bits per heavy atom. The Morgan fingerprint density at radius 3 is 2.87 bits per heavy atom. The first-order chi connectivity index (χ1) is 11.2. The van der Waals surface area contributed by atoms with Gasteiger partial charge in [-0.05, 0) is 31.7 Å². The van der Waals surface area contributed by atoms with E-state index >= 15 is 0 Å². The summed E-state index contributed by atoms with van der Waals surface area (Å²) in [7, 11) is 1.65. The number of carbonyl (C=O) groups is 1. The maximum absolute atomic E-state index is 12.4. The molecule has 1 aliphatic heterocycles. The van der Waals surface area contributed by atoms with Crippen molar-refractivity contribution in [1.29, 1.82) is 0 Å². The van der Waals surface area contributed by atoms with Crippen molar-refractivity contribution in [2.24, 2.45) is 5.92 Å². The van der Waals surface area contributed by atoms with E-state index in [4.69, 9.17) is 9.15 Å². The van der Waals surface area contributed by atoms with Crippen LogP contribution in [0.1, 0.15) is 34.7 Å². The number of ether oxygens (including phenoxy) is 1. The van der Waals surface area contributed by atoms with Gasteiger partial charge in [-0.25, -0.2) is 0 Å². The molecule has 0 bridgehead atoms. The quantitative estimate of drug-likeness (QED) is 0.841. The molecule has 1 fully saturated rings. The second-order valence-corrected chi connectivity index (χ2v) is 5.99. The molecule has 1 saturated heterocycles. The van der Waals surface area contributed by atoms with Gasteiger partial charge < -0.3 is 14.1 Å². The number of nitrogens with zero attached hydrogens (tertiary/aromatic N) is 4. The van der Waals surface area contributed by atoms with Crippen LogP contribution in [0, 0.1) is 12.8 Å². The highest BCUT2D eigenvalue weighted by Crippen LogP contribution is 2.21. The van der Waals surface area contributed by atoms with Crippen LogP contribution in [0.25, 0.3) is 0 Å². The lowest BCUT2D eigenvalue weighted by Crippen LogP contribution is -2.39. The van der Waals surface area contributed by atoms with Crippen LogP contribution in [-0.4, -0.2) is 46.0 Å². The third kappa shape index (κ3) is 3.61. The van der Waals surface area contributed by atoms with Crippen molar-refractivity contribution >= 4 is 5.91 Å². The summed E-state index contributed by atoms with van der Waals surface area (Å²) in [4.78, 5) is 14.4. The molecule has 0 N–H and O–H groups in total. The molecule has 0 radical (unpaired) electrons. The smallest absolute Gasteiger partial charge is 0.257 e. The van der Waals surface area contributed by atoms with E-state index < -0.39 is 0 Å². The number of amides is 1. The molecule has 1 aliphatic rings. The fourth-order valence-electron chi connectivity index (χ4n) is 3.00. The van der Waals surface area contributed by atoms with Gasteiger partial charge in [0.05, 0.1) is 24.6 Å². The third-order valence-electron chi connectivity index (χ3n) is 4.31. The molecule has 2 aromatic heterocycles. The van der Waals surface area contributed by atoms with Gasteiger partial charge in [0.25, 0.3) is 5.91 Å². The lowest BCUT2D eigenvalue weighted by atomic mass is 9.96. The van der Waals surface area contributed by atoms with Crippen molar-refractivity contribution in [3.63, 3.8) is 0 Å². The average molecular weight is 318 g/mol. The number of likely N-dealkylation sites (tertiary alicyclic amines) is 1. The first-order valence-corrected chi connectivity index (χ1v) is 7.88. The molecule has 0 unspecified atom stereocenters. The number of carbonyl (C=O) groups excluding carboxylic acids is 1. The summed E-state index contributed by atoms with van der Waals surface area (Å²) >= 11 is 0. The van der Waals surface area contributed by atoms with Crippen molar-refractivity contribution in [2.45, 2.75) is 32.9 Å². The number of hydrogen-bond donors (Lipinski definition) is 0. The number of rotatable bonds is 5. The monoisotopic (exact) mass is 318 g/mol. The van der Waals surface area contributed by atoms with Crippen LogP contribution in [0.3, 0.4) is 0 Å². The Bertz CT molecular complexity index is 656. The summed E-state index contributed by atoms with van der Waals surface area (Å²) in [6, 6.07) is 1.75. The van der Waals surface area contributed by atoms with Gasteiger partial charge in [-0.3, -0.25) is 9.48 Å². The van der Waals surface area contributed by atoms with Crippen LogP contribution in [0.15, 0.2) is 22.9 Å². The standard InChI is InChI=1S/C16H22N4O3/c1-12-15(5-8-23-12)16(21)19-6-3-13(4-7-19)9-20-10-14(11-22-2)17-18-20/h5,8,10,13H,3-4,6-7,9,11H2,1-2H3. The Balaban J connectivity index is 1.52. The van der Waals surface area contributed by atoms with Gasteiger partial charge in [-0.15, -0.1) is 5.10 Å². The number of hydrogen-bond acceptors (Lipinski definition) is 5. The third-order valence-corrected chi connectivity index (χ3v) is 4.31. The molecule has 124 valence electrons. The van der Waals surface area contributed by atoms with Gasteiger partial charge in [0.1, 0.15) is 11.5 Å². The number of piperidine rings is 1. The molecule has 3 rings (SSSR count). The maximum atomic E-state index is 12.4. The predicted molar refractivity (Wildman–Crippen MR) is 82.8 cm³/mol. The molecule has 0 saturated carbocycles. The molecule has 0 spiro atoms. The van der Waals surface area contributed by atoms with Crippen molar-refractivity contribution in [1.82, 2.24) is 19.9 Å². The SMILES string of the molecule is COCc1cn(CC2CCN(C(=O)c3ccoc3C)CC2)nn1. The summed E-state index contributed by atoms with van der Waals surface area (Å²) in [5.41, 5.74) is 1.51. The topological polar surface area (TPSA) is 73.4 Å². The van der Waals surface area contributed by atoms with Crippen LogP contribution < -0.4 is 0 Å². The zero-order valence-electron chi connectivity index (χ0n) is 13.6. The van der Waals surface area contributed by atoms with E-state index in [1.807, 2.05) is 22.7 Å². The summed E-state index contributed by atoms with van der Waals surface area (Å²) in [6.07, 6.45) is 5.44. The van der Waals surface area contributed by atoms with E-state index in [9.17, 15) is 4.79 Å². The van der Waals surface area contributed by atoms with E-state index in [0.29, 0.717) is 23.8 Å². The summed E-state index contributed by atoms with van der Waals surface area (Å²) < 4.78 is 12.1. The van der Waals surface area contributed by atoms with Crippen LogP contribution in [0.4, 0.5) is 0 Å². The van der Waals surface area contributed by atoms with Gasteiger partial charge in [-0.2, -0.15) is 0 Å². The number of aromatic nitrogens is 3. The lowest BCUT2D eigenvalue weighted by molar-refractivity contribution is 0.0679. The molecular formula is C16H22N4O3. The van der Waals surface area contributed by atoms with Crippen LogP contribution in [-0.2, 0) is 17.9 Å². The van der Waals surface area contributed by atoms with Gasteiger partial charge in [0.2, 0.25) is 0 Å². The zero-order valence-corrected chi connectivity index (χ0v) is 13.6. The van der Waals surface area contributed by atoms with Crippen molar-refractivity contribution in [3.8, 4) is 0 Å². The Labute approximate surface area is 135 Å². The number of furan rings is 1. The minimum Gasteiger partial charge on any atom is -0.469 e. The molecule has 7 nitrogen and oxygen atoms in total. The number of methoxy groups -OCH3 is 1. The Hall–Kier alpha value is -2.15. The first-order valence-electron chi connectivity index (χ1n) is 7.88. The molecule has 7 heteroatoms. The molecule has 0 aliphatic carbocycles. The van der Waals surface area contributed by atoms with E-state index in [2.05, 4.69) is 10.3 Å². The highest BCUT2D eigenvalue weighted by atomic mass is 16.5. The van der Waals surface area contributed by atoms with Gasteiger partial charge >= 0.3 is 0 Å². The largest absolute Gasteiger partial charge is 0.469 e. The normalized spacial score (nSPS) is 16.0. The Kier molecular flexibility index (Phi) is 4.76. The van der Waals surface area contributed by atoms with E-state index in [1.54, 1.807) is 19.4 Å². The van der Waals surface area contributed by atoms with E-state index in [1.165, 1.54) is 0 Å². The lowest BCUT2D eigenvalue weighted by Gasteiger charge is -2.31. The van der Waals surface area contributed by atoms with Crippen LogP contribution in [0.2, 0.25) is 0 Å². The number of aryl methyl sites for hydroxylation is 1. The van der Waals surface area contributed by atoms with Crippen molar-refractivity contribution < 1.29 is 13.9 Å². The van der Waals surface area contributed by atoms with Gasteiger partial charge in [0.15, 0.2) is 0 Å². The summed E-state index contributed by atoms with van der Waals surface area (Å²) in [5.74, 6) is 1.27.